The van der Waals surface area contributed by atoms with Gasteiger partial charge in [0.2, 0.25) is 5.82 Å². The summed E-state index contributed by atoms with van der Waals surface area (Å²) in [5, 5.41) is 8.82. The van der Waals surface area contributed by atoms with E-state index in [1.807, 2.05) is 6.92 Å². The van der Waals surface area contributed by atoms with Crippen molar-refractivity contribution in [3.05, 3.63) is 41.2 Å². The van der Waals surface area contributed by atoms with Crippen molar-refractivity contribution in [2.45, 2.75) is 48.9 Å². The zero-order valence-electron chi connectivity index (χ0n) is 14.0. The number of aliphatic hydroxyl groups is 1. The Morgan fingerprint density at radius 2 is 1.65 bits per heavy atom. The van der Waals surface area contributed by atoms with E-state index in [4.69, 9.17) is 11.8 Å². The Morgan fingerprint density at radius 1 is 1.15 bits per heavy atom. The van der Waals surface area contributed by atoms with Crippen molar-refractivity contribution in [1.82, 2.24) is 0 Å². The fraction of sp³-hybridized carbons (Fsp3) is 0.500. The summed E-state index contributed by atoms with van der Waals surface area (Å²) >= 11 is 6.85. The molecule has 0 radical (unpaired) electrons. The topological polar surface area (TPSA) is 20.2 Å². The van der Waals surface area contributed by atoms with Gasteiger partial charge in [0, 0.05) is 0 Å². The molecule has 1 aromatic rings. The SMILES string of the molecule is C=C(C)[C@@H]1CC[C@](C)(S[P+](=S)Sc2c(F)c(F)c(F)c(F)c2F)C(O)C1. The minimum atomic E-state index is -2.19. The minimum Gasteiger partial charge on any atom is -0.392 e. The maximum Gasteiger partial charge on any atom is 0.323 e. The Hall–Kier alpha value is -0.210. The molecule has 10 heteroatoms. The summed E-state index contributed by atoms with van der Waals surface area (Å²) in [6.07, 6.45) is 1.21. The Balaban J connectivity index is 2.16. The summed E-state index contributed by atoms with van der Waals surface area (Å²) in [5.41, 5.74) is 0.979. The van der Waals surface area contributed by atoms with Gasteiger partial charge in [0.05, 0.1) is 10.9 Å². The molecule has 1 saturated carbocycles. The van der Waals surface area contributed by atoms with Crippen LogP contribution in [0.15, 0.2) is 17.0 Å². The first-order chi connectivity index (χ1) is 12.0. The van der Waals surface area contributed by atoms with Crippen molar-refractivity contribution in [3.63, 3.8) is 0 Å². The highest BCUT2D eigenvalue weighted by Crippen LogP contribution is 2.63. The largest absolute Gasteiger partial charge is 0.392 e. The van der Waals surface area contributed by atoms with Crippen molar-refractivity contribution in [1.29, 1.82) is 0 Å². The molecule has 2 rings (SSSR count). The first kappa shape index (κ1) is 22.1. The van der Waals surface area contributed by atoms with E-state index >= 15 is 0 Å². The van der Waals surface area contributed by atoms with Gasteiger partial charge in [-0.15, -0.1) is 0 Å². The predicted octanol–water partition coefficient (Wildman–Crippen LogP) is 6.48. The van der Waals surface area contributed by atoms with E-state index in [1.54, 1.807) is 6.92 Å². The van der Waals surface area contributed by atoms with E-state index < -0.39 is 49.9 Å². The molecule has 0 saturated heterocycles. The molecule has 0 bridgehead atoms. The van der Waals surface area contributed by atoms with Crippen LogP contribution in [0.1, 0.15) is 33.1 Å². The Labute approximate surface area is 162 Å². The number of hydrogen-bond acceptors (Lipinski definition) is 4. The maximum atomic E-state index is 13.8. The van der Waals surface area contributed by atoms with Gasteiger partial charge in [0.25, 0.3) is 0 Å². The second kappa shape index (κ2) is 8.43. The van der Waals surface area contributed by atoms with Gasteiger partial charge in [-0.25, -0.2) is 22.0 Å². The van der Waals surface area contributed by atoms with Crippen LogP contribution in [0.25, 0.3) is 0 Å². The van der Waals surface area contributed by atoms with Gasteiger partial charge in [-0.3, -0.25) is 0 Å². The van der Waals surface area contributed by atoms with E-state index in [1.165, 1.54) is 0 Å². The number of benzene rings is 1. The second-order valence-corrected chi connectivity index (χ2v) is 15.1. The van der Waals surface area contributed by atoms with E-state index in [0.29, 0.717) is 24.2 Å². The van der Waals surface area contributed by atoms with Crippen molar-refractivity contribution in [2.75, 3.05) is 0 Å². The summed E-state index contributed by atoms with van der Waals surface area (Å²) < 4.78 is 66.7. The summed E-state index contributed by atoms with van der Waals surface area (Å²) in [6, 6.07) is 0. The lowest BCUT2D eigenvalue weighted by atomic mass is 9.77. The molecular weight excluding hydrogens is 430 g/mol. The van der Waals surface area contributed by atoms with Crippen molar-refractivity contribution in [2.24, 2.45) is 5.92 Å². The van der Waals surface area contributed by atoms with Crippen molar-refractivity contribution < 1.29 is 27.1 Å². The highest BCUT2D eigenvalue weighted by Gasteiger charge is 2.46. The molecule has 1 aliphatic carbocycles. The van der Waals surface area contributed by atoms with Crippen LogP contribution in [-0.2, 0) is 11.8 Å². The highest BCUT2D eigenvalue weighted by molar-refractivity contribution is 8.94. The third kappa shape index (κ3) is 4.43. The lowest BCUT2D eigenvalue weighted by molar-refractivity contribution is 0.0804. The van der Waals surface area contributed by atoms with Crippen LogP contribution in [0.2, 0.25) is 0 Å². The first-order valence-electron chi connectivity index (χ1n) is 7.67. The fourth-order valence-electron chi connectivity index (χ4n) is 2.75. The standard InChI is InChI=1S/C16H17F5OPS3/c1-7(2)8-4-5-16(3,9(22)6-8)26-23(24)25-15-13(20)11(18)10(17)12(19)14(15)21/h8-9,22H,1,4-6H2,2-3H3/q+1/t8-,9?,16+/m1/s1. The van der Waals surface area contributed by atoms with Gasteiger partial charge in [-0.2, -0.15) is 0 Å². The monoisotopic (exact) mass is 447 g/mol. The second-order valence-electron chi connectivity index (χ2n) is 6.45. The third-order valence-corrected chi connectivity index (χ3v) is 11.6. The summed E-state index contributed by atoms with van der Waals surface area (Å²) in [5.74, 6) is -9.71. The molecule has 1 nitrogen and oxygen atoms in total. The molecule has 0 amide bonds. The molecule has 0 aromatic heterocycles. The predicted molar refractivity (Wildman–Crippen MR) is 101 cm³/mol. The van der Waals surface area contributed by atoms with Crippen LogP contribution >= 0.6 is 27.9 Å². The highest BCUT2D eigenvalue weighted by atomic mass is 33.2. The molecule has 1 N–H and O–H groups in total. The van der Waals surface area contributed by atoms with Crippen molar-refractivity contribution in [3.8, 4) is 0 Å². The van der Waals surface area contributed by atoms with E-state index in [-0.39, 0.29) is 5.92 Å². The number of hydrogen-bond donors (Lipinski definition) is 1. The molecule has 1 fully saturated rings. The molecule has 1 aromatic carbocycles. The molecule has 2 unspecified atom stereocenters. The van der Waals surface area contributed by atoms with E-state index in [0.717, 1.165) is 23.4 Å². The van der Waals surface area contributed by atoms with Crippen LogP contribution in [0.4, 0.5) is 22.0 Å². The first-order valence-corrected chi connectivity index (χ1v) is 12.9. The van der Waals surface area contributed by atoms with Crippen LogP contribution in [0, 0.1) is 35.0 Å². The molecule has 0 aliphatic heterocycles. The number of rotatable bonds is 5. The lowest BCUT2D eigenvalue weighted by Gasteiger charge is -2.38. The van der Waals surface area contributed by atoms with Gasteiger partial charge in [-0.05, 0) is 39.0 Å². The van der Waals surface area contributed by atoms with Gasteiger partial charge < -0.3 is 5.11 Å². The summed E-state index contributed by atoms with van der Waals surface area (Å²) in [6.45, 7) is 7.60. The van der Waals surface area contributed by atoms with Crippen LogP contribution in [-0.4, -0.2) is 16.0 Å². The quantitative estimate of drug-likeness (QED) is 0.183. The zero-order chi connectivity index (χ0) is 19.8. The van der Waals surface area contributed by atoms with Crippen LogP contribution < -0.4 is 0 Å². The van der Waals surface area contributed by atoms with Crippen LogP contribution in [0.5, 0.6) is 0 Å². The number of allylic oxidation sites excluding steroid dienone is 1. The average Bonchev–Trinajstić information content (AvgIpc) is 2.57. The smallest absolute Gasteiger partial charge is 0.323 e. The van der Waals surface area contributed by atoms with Gasteiger partial charge in [0.15, 0.2) is 35.1 Å². The normalized spacial score (nSPS) is 26.7. The van der Waals surface area contributed by atoms with Gasteiger partial charge in [0.1, 0.15) is 27.7 Å². The Kier molecular flexibility index (Phi) is 7.16. The molecule has 26 heavy (non-hydrogen) atoms. The molecule has 0 spiro atoms. The van der Waals surface area contributed by atoms with Crippen LogP contribution in [0.3, 0.4) is 0 Å². The molecular formula is C16H17F5OPS3+. The number of aliphatic hydroxyl groups excluding tert-OH is 1. The maximum absolute atomic E-state index is 13.8. The average molecular weight is 447 g/mol. The third-order valence-electron chi connectivity index (χ3n) is 4.52. The summed E-state index contributed by atoms with van der Waals surface area (Å²) in [4.78, 5) is -0.969. The Bertz CT molecular complexity index is 731. The van der Waals surface area contributed by atoms with E-state index in [9.17, 15) is 27.1 Å². The van der Waals surface area contributed by atoms with Gasteiger partial charge in [-0.1, -0.05) is 12.2 Å². The molecule has 4 atom stereocenters. The fourth-order valence-corrected chi connectivity index (χ4v) is 11.5. The molecule has 0 heterocycles. The molecule has 144 valence electrons. The van der Waals surface area contributed by atoms with Gasteiger partial charge >= 0.3 is 5.10 Å². The minimum absolute atomic E-state index is 0.192. The summed E-state index contributed by atoms with van der Waals surface area (Å²) in [7, 11) is 0. The van der Waals surface area contributed by atoms with E-state index in [2.05, 4.69) is 6.58 Å². The lowest BCUT2D eigenvalue weighted by Crippen LogP contribution is -2.41. The van der Waals surface area contributed by atoms with Crippen molar-refractivity contribution >= 4 is 39.7 Å². The number of halogens is 5. The zero-order valence-corrected chi connectivity index (χ0v) is 17.3. The molecule has 1 aliphatic rings. The Morgan fingerprint density at radius 3 is 2.12 bits per heavy atom.